The van der Waals surface area contributed by atoms with Crippen molar-refractivity contribution in [2.45, 2.75) is 118 Å². The van der Waals surface area contributed by atoms with Crippen LogP contribution in [0.4, 0.5) is 10.5 Å². The lowest BCUT2D eigenvalue weighted by molar-refractivity contribution is -0.135. The lowest BCUT2D eigenvalue weighted by Crippen LogP contribution is -2.51. The number of amides is 3. The van der Waals surface area contributed by atoms with E-state index in [2.05, 4.69) is 39.5 Å². The monoisotopic (exact) mass is 655 g/mol. The molecule has 9 nitrogen and oxygen atoms in total. The van der Waals surface area contributed by atoms with Gasteiger partial charge in [0, 0.05) is 62.8 Å². The van der Waals surface area contributed by atoms with Gasteiger partial charge in [0.25, 0.3) is 0 Å². The Kier molecular flexibility index (Phi) is 11.5. The SMILES string of the molecule is CC1CCC(C(=O)N(c2cc(C#CC(C)(C)C)sc2C(=O)O)C2CCN(C(=O)OC3CCN(C(=O)CC(C)(C)C)CC3)CC2)CC1. The number of thiophene rings is 1. The number of likely N-dealkylation sites (tertiary alicyclic amines) is 2. The first-order valence-electron chi connectivity index (χ1n) is 17.0. The minimum absolute atomic E-state index is 0.0173. The highest BCUT2D eigenvalue weighted by Crippen LogP contribution is 2.38. The Morgan fingerprint density at radius 1 is 0.913 bits per heavy atom. The van der Waals surface area contributed by atoms with E-state index in [0.717, 1.165) is 37.0 Å². The molecule has 2 saturated heterocycles. The number of hydrogen-bond acceptors (Lipinski definition) is 6. The van der Waals surface area contributed by atoms with Gasteiger partial charge in [-0.05, 0) is 76.7 Å². The van der Waals surface area contributed by atoms with Crippen LogP contribution in [-0.2, 0) is 14.3 Å². The minimum atomic E-state index is -1.06. The predicted molar refractivity (Wildman–Crippen MR) is 181 cm³/mol. The maximum absolute atomic E-state index is 14.2. The van der Waals surface area contributed by atoms with E-state index in [0.29, 0.717) is 74.8 Å². The van der Waals surface area contributed by atoms with Gasteiger partial charge in [0.2, 0.25) is 11.8 Å². The van der Waals surface area contributed by atoms with Crippen molar-refractivity contribution >= 4 is 40.9 Å². The molecule has 1 saturated carbocycles. The van der Waals surface area contributed by atoms with Gasteiger partial charge in [-0.25, -0.2) is 9.59 Å². The number of piperidine rings is 2. The van der Waals surface area contributed by atoms with Crippen molar-refractivity contribution in [3.8, 4) is 11.8 Å². The van der Waals surface area contributed by atoms with Crippen LogP contribution in [0.25, 0.3) is 0 Å². The number of anilines is 1. The van der Waals surface area contributed by atoms with Gasteiger partial charge in [-0.2, -0.15) is 0 Å². The fourth-order valence-electron chi connectivity index (χ4n) is 6.54. The Balaban J connectivity index is 1.44. The Bertz CT molecular complexity index is 1320. The topological polar surface area (TPSA) is 107 Å². The summed E-state index contributed by atoms with van der Waals surface area (Å²) in [7, 11) is 0. The van der Waals surface area contributed by atoms with E-state index in [1.54, 1.807) is 15.9 Å². The molecule has 10 heteroatoms. The summed E-state index contributed by atoms with van der Waals surface area (Å²) in [6.45, 7) is 16.4. The third-order valence-electron chi connectivity index (χ3n) is 9.16. The first-order valence-corrected chi connectivity index (χ1v) is 17.8. The van der Waals surface area contributed by atoms with Crippen LogP contribution in [0.5, 0.6) is 0 Å². The Labute approximate surface area is 279 Å². The van der Waals surface area contributed by atoms with Crippen LogP contribution < -0.4 is 4.90 Å². The van der Waals surface area contributed by atoms with Gasteiger partial charge in [-0.3, -0.25) is 9.59 Å². The molecule has 3 fully saturated rings. The molecule has 1 aliphatic carbocycles. The summed E-state index contributed by atoms with van der Waals surface area (Å²) in [6.07, 6.45) is 5.77. The third kappa shape index (κ3) is 9.73. The first-order chi connectivity index (χ1) is 21.5. The van der Waals surface area contributed by atoms with Gasteiger partial charge in [0.05, 0.1) is 10.6 Å². The molecule has 0 aromatic carbocycles. The molecule has 0 spiro atoms. The Morgan fingerprint density at radius 3 is 2.04 bits per heavy atom. The van der Waals surface area contributed by atoms with E-state index in [1.165, 1.54) is 0 Å². The molecule has 1 aromatic heterocycles. The van der Waals surface area contributed by atoms with Crippen molar-refractivity contribution in [1.82, 2.24) is 9.80 Å². The van der Waals surface area contributed by atoms with E-state index in [1.807, 2.05) is 25.7 Å². The summed E-state index contributed by atoms with van der Waals surface area (Å²) in [5.41, 5.74) is 0.112. The van der Waals surface area contributed by atoms with Gasteiger partial charge in [-0.1, -0.05) is 39.5 Å². The number of carboxylic acids is 1. The van der Waals surface area contributed by atoms with E-state index in [4.69, 9.17) is 4.74 Å². The van der Waals surface area contributed by atoms with Crippen LogP contribution in [0, 0.1) is 34.5 Å². The van der Waals surface area contributed by atoms with Gasteiger partial charge in [-0.15, -0.1) is 11.3 Å². The molecule has 0 bridgehead atoms. The van der Waals surface area contributed by atoms with E-state index in [-0.39, 0.29) is 51.7 Å². The van der Waals surface area contributed by atoms with E-state index < -0.39 is 5.97 Å². The smallest absolute Gasteiger partial charge is 0.410 e. The molecule has 1 aromatic rings. The molecule has 0 atom stereocenters. The zero-order chi connectivity index (χ0) is 33.8. The summed E-state index contributed by atoms with van der Waals surface area (Å²) < 4.78 is 5.88. The number of nitrogens with zero attached hydrogens (tertiary/aromatic N) is 3. The first kappa shape index (κ1) is 35.8. The lowest BCUT2D eigenvalue weighted by Gasteiger charge is -2.41. The number of carbonyl (C=O) groups is 4. The highest BCUT2D eigenvalue weighted by Gasteiger charge is 2.38. The average Bonchev–Trinajstić information content (AvgIpc) is 3.40. The third-order valence-corrected chi connectivity index (χ3v) is 10.2. The number of ether oxygens (including phenoxy) is 1. The van der Waals surface area contributed by atoms with Crippen molar-refractivity contribution in [2.24, 2.45) is 22.7 Å². The van der Waals surface area contributed by atoms with Crippen LogP contribution in [0.1, 0.15) is 121 Å². The highest BCUT2D eigenvalue weighted by atomic mass is 32.1. The van der Waals surface area contributed by atoms with Crippen molar-refractivity contribution < 1.29 is 29.0 Å². The molecule has 4 rings (SSSR count). The molecule has 0 unspecified atom stereocenters. The molecule has 3 amide bonds. The van der Waals surface area contributed by atoms with Crippen LogP contribution in [0.15, 0.2) is 6.07 Å². The molecule has 1 N–H and O–H groups in total. The van der Waals surface area contributed by atoms with Crippen molar-refractivity contribution in [3.05, 3.63) is 15.8 Å². The number of hydrogen-bond donors (Lipinski definition) is 1. The molecule has 0 radical (unpaired) electrons. The molecular formula is C36H53N3O6S. The zero-order valence-corrected chi connectivity index (χ0v) is 29.6. The molecule has 3 heterocycles. The summed E-state index contributed by atoms with van der Waals surface area (Å²) in [5.74, 6) is 5.82. The fourth-order valence-corrected chi connectivity index (χ4v) is 7.38. The molecule has 254 valence electrons. The fraction of sp³-hybridized carbons (Fsp3) is 0.722. The zero-order valence-electron chi connectivity index (χ0n) is 28.8. The predicted octanol–water partition coefficient (Wildman–Crippen LogP) is 7.03. The molecule has 3 aliphatic rings. The van der Waals surface area contributed by atoms with Crippen LogP contribution in [0.3, 0.4) is 0 Å². The summed E-state index contributed by atoms with van der Waals surface area (Å²) >= 11 is 1.12. The van der Waals surface area contributed by atoms with E-state index in [9.17, 15) is 24.3 Å². The second-order valence-corrected chi connectivity index (χ2v) is 16.8. The second kappa shape index (κ2) is 14.8. The van der Waals surface area contributed by atoms with Gasteiger partial charge in [0.1, 0.15) is 11.0 Å². The van der Waals surface area contributed by atoms with Gasteiger partial charge < -0.3 is 24.5 Å². The number of aromatic carboxylic acids is 1. The minimum Gasteiger partial charge on any atom is -0.477 e. The number of carbonyl (C=O) groups excluding carboxylic acids is 3. The maximum Gasteiger partial charge on any atom is 0.410 e. The quantitative estimate of drug-likeness (QED) is 0.330. The van der Waals surface area contributed by atoms with Crippen LogP contribution in [-0.4, -0.2) is 77.1 Å². The van der Waals surface area contributed by atoms with Crippen LogP contribution in [0.2, 0.25) is 0 Å². The normalized spacial score (nSPS) is 21.7. The number of carboxylic acid groups (broad SMARTS) is 1. The van der Waals surface area contributed by atoms with Gasteiger partial charge >= 0.3 is 12.1 Å². The Morgan fingerprint density at radius 2 is 1.50 bits per heavy atom. The summed E-state index contributed by atoms with van der Waals surface area (Å²) in [6, 6.07) is 1.54. The largest absolute Gasteiger partial charge is 0.477 e. The summed E-state index contributed by atoms with van der Waals surface area (Å²) in [5, 5.41) is 10.2. The molecule has 2 aliphatic heterocycles. The van der Waals surface area contributed by atoms with Crippen molar-refractivity contribution in [3.63, 3.8) is 0 Å². The van der Waals surface area contributed by atoms with Crippen molar-refractivity contribution in [1.29, 1.82) is 0 Å². The van der Waals surface area contributed by atoms with E-state index >= 15 is 0 Å². The van der Waals surface area contributed by atoms with Crippen molar-refractivity contribution in [2.75, 3.05) is 31.1 Å². The standard InChI is InChI=1S/C36H53N3O6S/c1-24-8-10-25(11-9-24)32(41)39(29-22-28(12-17-35(2,3)4)46-31(29)33(42)43)26-13-18-38(19-14-26)34(44)45-27-15-20-37(21-16-27)30(40)23-36(5,6)7/h22,24-27H,8-11,13-16,18-21,23H2,1-7H3,(H,42,43). The van der Waals surface area contributed by atoms with Gasteiger partial charge in [0.15, 0.2) is 0 Å². The number of rotatable bonds is 6. The Hall–Kier alpha value is -3.06. The summed E-state index contributed by atoms with van der Waals surface area (Å²) in [4.78, 5) is 58.5. The highest BCUT2D eigenvalue weighted by molar-refractivity contribution is 7.15. The second-order valence-electron chi connectivity index (χ2n) is 15.7. The lowest BCUT2D eigenvalue weighted by atomic mass is 9.82. The average molecular weight is 656 g/mol. The maximum atomic E-state index is 14.2. The molecular weight excluding hydrogens is 602 g/mol. The molecule has 46 heavy (non-hydrogen) atoms. The van der Waals surface area contributed by atoms with Crippen LogP contribution >= 0.6 is 11.3 Å².